The minimum Gasteiger partial charge on any atom is -0.331 e. The predicted molar refractivity (Wildman–Crippen MR) is 82.9 cm³/mol. The van der Waals surface area contributed by atoms with Crippen molar-refractivity contribution in [3.05, 3.63) is 36.4 Å². The van der Waals surface area contributed by atoms with Gasteiger partial charge in [0, 0.05) is 23.5 Å². The lowest BCUT2D eigenvalue weighted by Gasteiger charge is -2.39. The Morgan fingerprint density at radius 2 is 1.32 bits per heavy atom. The van der Waals surface area contributed by atoms with Crippen LogP contribution < -0.4 is 0 Å². The maximum atomic E-state index is 12.6. The van der Waals surface area contributed by atoms with Gasteiger partial charge in [0.25, 0.3) is 0 Å². The van der Waals surface area contributed by atoms with E-state index in [4.69, 9.17) is 0 Å². The van der Waals surface area contributed by atoms with Gasteiger partial charge in [0.05, 0.1) is 12.7 Å². The van der Waals surface area contributed by atoms with Gasteiger partial charge in [-0.15, -0.1) is 0 Å². The van der Waals surface area contributed by atoms with E-state index in [1.807, 2.05) is 12.4 Å². The summed E-state index contributed by atoms with van der Waals surface area (Å²) in [5, 5.41) is 0. The fourth-order valence-electron chi connectivity index (χ4n) is 3.50. The molecule has 5 nitrogen and oxygen atoms in total. The Morgan fingerprint density at radius 1 is 0.909 bits per heavy atom. The number of nitrogens with zero attached hydrogens (tertiary/aromatic N) is 4. The minimum absolute atomic E-state index is 0.0802. The van der Waals surface area contributed by atoms with Crippen molar-refractivity contribution in [1.29, 1.82) is 0 Å². The Kier molecular flexibility index (Phi) is 2.83. The highest BCUT2D eigenvalue weighted by Crippen LogP contribution is 2.39. The zero-order valence-electron chi connectivity index (χ0n) is 13.2. The lowest BCUT2D eigenvalue weighted by atomic mass is 9.78. The summed E-state index contributed by atoms with van der Waals surface area (Å²) in [6, 6.07) is 0. The number of imidazole rings is 2. The molecule has 0 aromatic carbocycles. The summed E-state index contributed by atoms with van der Waals surface area (Å²) >= 11 is 0. The maximum Gasteiger partial charge on any atom is 0.232 e. The van der Waals surface area contributed by atoms with Crippen LogP contribution >= 0.6 is 0 Å². The van der Waals surface area contributed by atoms with Gasteiger partial charge in [-0.2, -0.15) is 0 Å². The number of ketones is 1. The molecule has 2 heterocycles. The molecule has 116 valence electrons. The molecule has 0 spiro atoms. The van der Waals surface area contributed by atoms with Crippen LogP contribution in [0.1, 0.15) is 68.6 Å². The highest BCUT2D eigenvalue weighted by Gasteiger charge is 2.35. The van der Waals surface area contributed by atoms with Crippen LogP contribution in [0.2, 0.25) is 0 Å². The highest BCUT2D eigenvalue weighted by molar-refractivity contribution is 6.06. The van der Waals surface area contributed by atoms with Gasteiger partial charge in [-0.05, 0) is 52.4 Å². The van der Waals surface area contributed by atoms with Gasteiger partial charge in [0.15, 0.2) is 0 Å². The van der Waals surface area contributed by atoms with Crippen molar-refractivity contribution in [2.75, 3.05) is 0 Å². The van der Waals surface area contributed by atoms with E-state index in [-0.39, 0.29) is 16.9 Å². The second-order valence-electron chi connectivity index (χ2n) is 7.36. The van der Waals surface area contributed by atoms with E-state index in [0.29, 0.717) is 11.4 Å². The monoisotopic (exact) mass is 298 g/mol. The molecule has 0 radical (unpaired) electrons. The van der Waals surface area contributed by atoms with Crippen LogP contribution in [0.25, 0.3) is 0 Å². The largest absolute Gasteiger partial charge is 0.331 e. The average Bonchev–Trinajstić information content (AvgIpc) is 3.10. The smallest absolute Gasteiger partial charge is 0.232 e. The zero-order chi connectivity index (χ0) is 15.4. The first kappa shape index (κ1) is 13.7. The number of hydrogen-bond donors (Lipinski definition) is 0. The van der Waals surface area contributed by atoms with Gasteiger partial charge in [-0.3, -0.25) is 4.79 Å². The van der Waals surface area contributed by atoms with Gasteiger partial charge < -0.3 is 9.13 Å². The van der Waals surface area contributed by atoms with Gasteiger partial charge >= 0.3 is 0 Å². The topological polar surface area (TPSA) is 52.7 Å². The fourth-order valence-corrected chi connectivity index (χ4v) is 3.50. The summed E-state index contributed by atoms with van der Waals surface area (Å²) in [5.41, 5.74) is 1.28. The van der Waals surface area contributed by atoms with Crippen LogP contribution in [0.3, 0.4) is 0 Å². The molecule has 2 aliphatic rings. The molecule has 5 heteroatoms. The van der Waals surface area contributed by atoms with E-state index in [1.54, 1.807) is 12.7 Å². The van der Waals surface area contributed by atoms with Gasteiger partial charge in [-0.25, -0.2) is 9.97 Å². The Balaban J connectivity index is 1.57. The molecule has 0 amide bonds. The molecule has 2 fully saturated rings. The number of carbonyl (C=O) groups is 1. The molecule has 0 aliphatic heterocycles. The Morgan fingerprint density at radius 3 is 1.64 bits per heavy atom. The maximum absolute atomic E-state index is 12.6. The summed E-state index contributed by atoms with van der Waals surface area (Å²) in [7, 11) is 0. The minimum atomic E-state index is -0.0802. The Bertz CT molecular complexity index is 658. The van der Waals surface area contributed by atoms with Crippen molar-refractivity contribution < 1.29 is 4.79 Å². The molecular weight excluding hydrogens is 276 g/mol. The van der Waals surface area contributed by atoms with Crippen molar-refractivity contribution in [3.8, 4) is 0 Å². The first-order valence-corrected chi connectivity index (χ1v) is 8.14. The van der Waals surface area contributed by atoms with Gasteiger partial charge in [0.2, 0.25) is 5.78 Å². The Labute approximate surface area is 130 Å². The normalized spacial score (nSPS) is 21.9. The molecule has 4 rings (SSSR count). The second-order valence-corrected chi connectivity index (χ2v) is 7.36. The third kappa shape index (κ3) is 1.95. The van der Waals surface area contributed by atoms with E-state index in [1.165, 1.54) is 12.8 Å². The number of carbonyl (C=O) groups excluding carboxylic acids is 1. The molecule has 0 N–H and O–H groups in total. The predicted octanol–water partition coefficient (Wildman–Crippen LogP) is 3.11. The zero-order valence-corrected chi connectivity index (χ0v) is 13.2. The molecule has 2 aliphatic carbocycles. The Hall–Kier alpha value is -1.91. The van der Waals surface area contributed by atoms with Crippen LogP contribution in [0, 0.1) is 0 Å². The van der Waals surface area contributed by atoms with Gasteiger partial charge in [-0.1, -0.05) is 0 Å². The standard InChI is InChI=1S/C17H22N4O/c1-16(5-3-6-16)20-9-13(18-11-20)15(22)14-10-21(12-19-14)17(2)7-4-8-17/h9-12H,3-8H2,1-2H3. The van der Waals surface area contributed by atoms with Crippen molar-refractivity contribution in [3.63, 3.8) is 0 Å². The van der Waals surface area contributed by atoms with Crippen molar-refractivity contribution in [1.82, 2.24) is 19.1 Å². The first-order valence-electron chi connectivity index (χ1n) is 8.14. The number of aromatic nitrogens is 4. The van der Waals surface area contributed by atoms with Crippen LogP contribution in [-0.4, -0.2) is 24.9 Å². The summed E-state index contributed by atoms with van der Waals surface area (Å²) < 4.78 is 4.18. The molecule has 2 aromatic rings. The fraction of sp³-hybridized carbons (Fsp3) is 0.588. The van der Waals surface area contributed by atoms with E-state index in [0.717, 1.165) is 25.7 Å². The summed E-state index contributed by atoms with van der Waals surface area (Å²) in [6.45, 7) is 4.44. The van der Waals surface area contributed by atoms with Crippen LogP contribution in [-0.2, 0) is 11.1 Å². The van der Waals surface area contributed by atoms with E-state index in [9.17, 15) is 4.79 Å². The van der Waals surface area contributed by atoms with E-state index >= 15 is 0 Å². The molecule has 0 atom stereocenters. The highest BCUT2D eigenvalue weighted by atomic mass is 16.1. The summed E-state index contributed by atoms with van der Waals surface area (Å²) in [6.07, 6.45) is 14.5. The lowest BCUT2D eigenvalue weighted by Crippen LogP contribution is -2.36. The third-order valence-electron chi connectivity index (χ3n) is 5.74. The summed E-state index contributed by atoms with van der Waals surface area (Å²) in [4.78, 5) is 21.2. The SMILES string of the molecule is CC1(n2cnc(C(=O)c3cn(C4(C)CCC4)cn3)c2)CCC1. The van der Waals surface area contributed by atoms with E-state index in [2.05, 4.69) is 32.9 Å². The molecule has 0 saturated heterocycles. The molecule has 22 heavy (non-hydrogen) atoms. The van der Waals surface area contributed by atoms with Crippen LogP contribution in [0.15, 0.2) is 25.0 Å². The molecule has 2 saturated carbocycles. The summed E-state index contributed by atoms with van der Waals surface area (Å²) in [5.74, 6) is -0.0802. The lowest BCUT2D eigenvalue weighted by molar-refractivity contribution is 0.102. The number of hydrogen-bond acceptors (Lipinski definition) is 3. The van der Waals surface area contributed by atoms with Crippen LogP contribution in [0.5, 0.6) is 0 Å². The van der Waals surface area contributed by atoms with Gasteiger partial charge in [0.1, 0.15) is 11.4 Å². The quantitative estimate of drug-likeness (QED) is 0.815. The average molecular weight is 298 g/mol. The van der Waals surface area contributed by atoms with E-state index < -0.39 is 0 Å². The molecule has 0 unspecified atom stereocenters. The molecule has 2 aromatic heterocycles. The van der Waals surface area contributed by atoms with Crippen molar-refractivity contribution >= 4 is 5.78 Å². The third-order valence-corrected chi connectivity index (χ3v) is 5.74. The van der Waals surface area contributed by atoms with Crippen molar-refractivity contribution in [2.24, 2.45) is 0 Å². The van der Waals surface area contributed by atoms with Crippen LogP contribution in [0.4, 0.5) is 0 Å². The second kappa shape index (κ2) is 4.54. The molecule has 0 bridgehead atoms. The number of rotatable bonds is 4. The van der Waals surface area contributed by atoms with Crippen molar-refractivity contribution in [2.45, 2.75) is 63.5 Å². The molecular formula is C17H22N4O. The first-order chi connectivity index (χ1) is 10.5.